The van der Waals surface area contributed by atoms with Gasteiger partial charge in [-0.15, -0.1) is 0 Å². The number of likely N-dealkylation sites (N-methyl/N-ethyl adjacent to an activating group) is 1. The van der Waals surface area contributed by atoms with Crippen LogP contribution < -0.4 is 10.5 Å². The summed E-state index contributed by atoms with van der Waals surface area (Å²) in [7, 11) is 3.30. The van der Waals surface area contributed by atoms with Crippen molar-refractivity contribution in [3.05, 3.63) is 29.6 Å². The third kappa shape index (κ3) is 3.43. The first kappa shape index (κ1) is 14.4. The Balaban J connectivity index is 2.94. The summed E-state index contributed by atoms with van der Waals surface area (Å²) in [5.41, 5.74) is 6.30. The number of ether oxygens (including phenoxy) is 1. The number of amides is 1. The van der Waals surface area contributed by atoms with Gasteiger partial charge in [0, 0.05) is 25.7 Å². The quantitative estimate of drug-likeness (QED) is 0.889. The third-order valence-electron chi connectivity index (χ3n) is 2.55. The number of rotatable bonds is 4. The first-order chi connectivity index (χ1) is 8.32. The first-order valence-electron chi connectivity index (χ1n) is 5.75. The minimum absolute atomic E-state index is 0.157. The average molecular weight is 254 g/mol. The molecule has 0 spiro atoms. The van der Waals surface area contributed by atoms with Gasteiger partial charge in [0.25, 0.3) is 5.91 Å². The molecule has 1 amide bonds. The Bertz CT molecular complexity index is 433. The zero-order valence-corrected chi connectivity index (χ0v) is 11.1. The Labute approximate surface area is 107 Å². The van der Waals surface area contributed by atoms with Crippen LogP contribution in [0.15, 0.2) is 18.2 Å². The lowest BCUT2D eigenvalue weighted by Crippen LogP contribution is -2.35. The largest absolute Gasteiger partial charge is 0.481 e. The van der Waals surface area contributed by atoms with Crippen molar-refractivity contribution in [2.45, 2.75) is 26.0 Å². The van der Waals surface area contributed by atoms with Gasteiger partial charge < -0.3 is 15.4 Å². The Morgan fingerprint density at radius 1 is 1.39 bits per heavy atom. The van der Waals surface area contributed by atoms with Gasteiger partial charge in [0.1, 0.15) is 11.6 Å². The molecule has 18 heavy (non-hydrogen) atoms. The summed E-state index contributed by atoms with van der Waals surface area (Å²) in [6, 6.07) is 3.74. The van der Waals surface area contributed by atoms with Crippen molar-refractivity contribution >= 4 is 5.91 Å². The van der Waals surface area contributed by atoms with Crippen LogP contribution in [-0.4, -0.2) is 31.0 Å². The summed E-state index contributed by atoms with van der Waals surface area (Å²) >= 11 is 0. The summed E-state index contributed by atoms with van der Waals surface area (Å²) in [6.45, 7) is 3.39. The zero-order chi connectivity index (χ0) is 13.9. The molecule has 4 nitrogen and oxygen atoms in total. The lowest BCUT2D eigenvalue weighted by Gasteiger charge is -2.21. The van der Waals surface area contributed by atoms with E-state index in [9.17, 15) is 9.18 Å². The number of halogens is 1. The molecule has 100 valence electrons. The molecule has 0 aliphatic heterocycles. The number of carbonyl (C=O) groups excluding carboxylic acids is 1. The molecule has 0 saturated heterocycles. The van der Waals surface area contributed by atoms with Crippen LogP contribution in [-0.2, 0) is 4.79 Å². The number of nitrogens with two attached hydrogens (primary N) is 1. The van der Waals surface area contributed by atoms with Crippen LogP contribution in [0, 0.1) is 5.82 Å². The van der Waals surface area contributed by atoms with Crippen LogP contribution in [0.2, 0.25) is 0 Å². The fourth-order valence-electron chi connectivity index (χ4n) is 1.59. The number of hydrogen-bond donors (Lipinski definition) is 1. The van der Waals surface area contributed by atoms with E-state index in [0.717, 1.165) is 0 Å². The monoisotopic (exact) mass is 254 g/mol. The van der Waals surface area contributed by atoms with Gasteiger partial charge in [-0.05, 0) is 32.0 Å². The molecule has 0 aliphatic carbocycles. The van der Waals surface area contributed by atoms with Gasteiger partial charge in [0.05, 0.1) is 0 Å². The van der Waals surface area contributed by atoms with Gasteiger partial charge in [0.2, 0.25) is 0 Å². The van der Waals surface area contributed by atoms with Gasteiger partial charge >= 0.3 is 0 Å². The Morgan fingerprint density at radius 3 is 2.50 bits per heavy atom. The van der Waals surface area contributed by atoms with Gasteiger partial charge in [-0.25, -0.2) is 4.39 Å². The first-order valence-corrected chi connectivity index (χ1v) is 5.75. The van der Waals surface area contributed by atoms with Gasteiger partial charge in [-0.1, -0.05) is 0 Å². The number of hydrogen-bond acceptors (Lipinski definition) is 3. The molecule has 2 N–H and O–H groups in total. The fraction of sp³-hybridized carbons (Fsp3) is 0.462. The van der Waals surface area contributed by atoms with E-state index < -0.39 is 6.10 Å². The van der Waals surface area contributed by atoms with Gasteiger partial charge in [0.15, 0.2) is 6.10 Å². The highest BCUT2D eigenvalue weighted by atomic mass is 19.1. The molecule has 2 unspecified atom stereocenters. The van der Waals surface area contributed by atoms with Crippen molar-refractivity contribution in [2.75, 3.05) is 14.1 Å². The Morgan fingerprint density at radius 2 is 2.00 bits per heavy atom. The van der Waals surface area contributed by atoms with E-state index in [1.54, 1.807) is 27.9 Å². The van der Waals surface area contributed by atoms with Crippen LogP contribution in [0.3, 0.4) is 0 Å². The van der Waals surface area contributed by atoms with Crippen molar-refractivity contribution in [1.82, 2.24) is 4.90 Å². The van der Waals surface area contributed by atoms with Crippen molar-refractivity contribution in [3.8, 4) is 5.75 Å². The highest BCUT2D eigenvalue weighted by molar-refractivity contribution is 5.80. The van der Waals surface area contributed by atoms with E-state index in [-0.39, 0.29) is 17.8 Å². The Hall–Kier alpha value is -1.62. The lowest BCUT2D eigenvalue weighted by molar-refractivity contribution is -0.135. The zero-order valence-electron chi connectivity index (χ0n) is 11.1. The van der Waals surface area contributed by atoms with E-state index in [2.05, 4.69) is 0 Å². The summed E-state index contributed by atoms with van der Waals surface area (Å²) < 4.78 is 18.7. The van der Waals surface area contributed by atoms with Crippen LogP contribution in [0.4, 0.5) is 4.39 Å². The predicted octanol–water partition coefficient (Wildman–Crippen LogP) is 1.70. The van der Waals surface area contributed by atoms with E-state index in [4.69, 9.17) is 10.5 Å². The van der Waals surface area contributed by atoms with Crippen LogP contribution in [0.1, 0.15) is 25.5 Å². The van der Waals surface area contributed by atoms with Gasteiger partial charge in [-0.2, -0.15) is 0 Å². The number of carbonyl (C=O) groups is 1. The maximum atomic E-state index is 13.1. The molecule has 0 bridgehead atoms. The molecule has 1 aromatic carbocycles. The standard InChI is InChI=1S/C13H19FN2O2/c1-8(15)11-7-10(14)5-6-12(11)18-9(2)13(17)16(3)4/h5-9H,15H2,1-4H3. The average Bonchev–Trinajstić information content (AvgIpc) is 2.29. The van der Waals surface area contributed by atoms with Crippen LogP contribution >= 0.6 is 0 Å². The number of benzene rings is 1. The molecular weight excluding hydrogens is 235 g/mol. The smallest absolute Gasteiger partial charge is 0.262 e. The lowest BCUT2D eigenvalue weighted by atomic mass is 10.1. The van der Waals surface area contributed by atoms with Crippen molar-refractivity contribution < 1.29 is 13.9 Å². The van der Waals surface area contributed by atoms with Crippen LogP contribution in [0.5, 0.6) is 5.75 Å². The van der Waals surface area contributed by atoms with E-state index >= 15 is 0 Å². The molecule has 0 heterocycles. The molecule has 1 aromatic rings. The molecular formula is C13H19FN2O2. The van der Waals surface area contributed by atoms with Crippen molar-refractivity contribution in [1.29, 1.82) is 0 Å². The minimum Gasteiger partial charge on any atom is -0.481 e. The molecule has 0 saturated carbocycles. The van der Waals surface area contributed by atoms with Gasteiger partial charge in [-0.3, -0.25) is 4.79 Å². The summed E-state index contributed by atoms with van der Waals surface area (Å²) in [5.74, 6) is -0.0923. The van der Waals surface area contributed by atoms with Crippen LogP contribution in [0.25, 0.3) is 0 Å². The van der Waals surface area contributed by atoms with E-state index in [1.165, 1.54) is 23.1 Å². The van der Waals surface area contributed by atoms with E-state index in [0.29, 0.717) is 11.3 Å². The molecule has 2 atom stereocenters. The minimum atomic E-state index is -0.636. The normalized spacial score (nSPS) is 13.9. The predicted molar refractivity (Wildman–Crippen MR) is 67.8 cm³/mol. The summed E-state index contributed by atoms with van der Waals surface area (Å²) in [4.78, 5) is 13.1. The number of nitrogens with zero attached hydrogens (tertiary/aromatic N) is 1. The maximum Gasteiger partial charge on any atom is 0.262 e. The summed E-state index contributed by atoms with van der Waals surface area (Å²) in [5, 5.41) is 0. The van der Waals surface area contributed by atoms with Crippen molar-refractivity contribution in [3.63, 3.8) is 0 Å². The Kier molecular flexibility index (Phi) is 4.67. The van der Waals surface area contributed by atoms with E-state index in [1.807, 2.05) is 0 Å². The fourth-order valence-corrected chi connectivity index (χ4v) is 1.59. The highest BCUT2D eigenvalue weighted by Crippen LogP contribution is 2.25. The van der Waals surface area contributed by atoms with Crippen molar-refractivity contribution in [2.24, 2.45) is 5.73 Å². The summed E-state index contributed by atoms with van der Waals surface area (Å²) in [6.07, 6.45) is -0.636. The molecule has 0 aromatic heterocycles. The second kappa shape index (κ2) is 5.82. The maximum absolute atomic E-state index is 13.1. The second-order valence-corrected chi connectivity index (χ2v) is 4.46. The third-order valence-corrected chi connectivity index (χ3v) is 2.55. The topological polar surface area (TPSA) is 55.6 Å². The highest BCUT2D eigenvalue weighted by Gasteiger charge is 2.19. The molecule has 1 rings (SSSR count). The second-order valence-electron chi connectivity index (χ2n) is 4.46. The molecule has 0 aliphatic rings. The SMILES string of the molecule is CC(Oc1ccc(F)cc1C(C)N)C(=O)N(C)C. The molecule has 0 fully saturated rings. The molecule has 0 radical (unpaired) electrons. The molecule has 5 heteroatoms.